The van der Waals surface area contributed by atoms with Crippen molar-refractivity contribution in [2.75, 3.05) is 18.9 Å². The molecule has 8 nitrogen and oxygen atoms in total. The molecule has 0 spiro atoms. The second-order valence-corrected chi connectivity index (χ2v) is 9.93. The molecule has 160 valence electrons. The van der Waals surface area contributed by atoms with Crippen molar-refractivity contribution in [3.8, 4) is 11.5 Å². The predicted octanol–water partition coefficient (Wildman–Crippen LogP) is 3.16. The highest BCUT2D eigenvalue weighted by atomic mass is 32.2. The number of ether oxygens (including phenoxy) is 2. The minimum absolute atomic E-state index is 0.0678. The van der Waals surface area contributed by atoms with Gasteiger partial charge in [-0.1, -0.05) is 18.2 Å². The average molecular weight is 451 g/mol. The van der Waals surface area contributed by atoms with Gasteiger partial charge < -0.3 is 9.47 Å². The van der Waals surface area contributed by atoms with E-state index < -0.39 is 20.0 Å². The second-order valence-electron chi connectivity index (χ2n) is 6.49. The fraction of sp³-hybridized carbons (Fsp3) is 0.200. The van der Waals surface area contributed by atoms with Crippen LogP contribution in [0.2, 0.25) is 0 Å². The maximum Gasteiger partial charge on any atom is 0.268 e. The zero-order valence-electron chi connectivity index (χ0n) is 16.9. The van der Waals surface area contributed by atoms with E-state index >= 15 is 0 Å². The van der Waals surface area contributed by atoms with Crippen molar-refractivity contribution in [2.24, 2.45) is 0 Å². The van der Waals surface area contributed by atoms with Crippen LogP contribution in [0.3, 0.4) is 0 Å². The van der Waals surface area contributed by atoms with Gasteiger partial charge >= 0.3 is 0 Å². The Labute approximate surface area is 176 Å². The van der Waals surface area contributed by atoms with Crippen molar-refractivity contribution in [1.82, 2.24) is 3.97 Å². The number of anilines is 1. The number of nitrogens with zero attached hydrogens (tertiary/aromatic N) is 1. The number of aromatic nitrogens is 1. The molecule has 1 heterocycles. The first kappa shape index (κ1) is 21.7. The molecule has 3 rings (SSSR count). The van der Waals surface area contributed by atoms with Crippen molar-refractivity contribution >= 4 is 25.7 Å². The fourth-order valence-corrected chi connectivity index (χ4v) is 6.18. The maximum absolute atomic E-state index is 13.1. The molecule has 0 fully saturated rings. The molecule has 0 aliphatic heterocycles. The largest absolute Gasteiger partial charge is 0.497 e. The molecule has 2 aromatic carbocycles. The third-order valence-electron chi connectivity index (χ3n) is 4.54. The van der Waals surface area contributed by atoms with E-state index in [1.807, 2.05) is 0 Å². The van der Waals surface area contributed by atoms with Gasteiger partial charge in [-0.15, -0.1) is 0 Å². The molecular weight excluding hydrogens is 428 g/mol. The van der Waals surface area contributed by atoms with Crippen molar-refractivity contribution in [2.45, 2.75) is 23.6 Å². The van der Waals surface area contributed by atoms with Crippen molar-refractivity contribution in [3.63, 3.8) is 0 Å². The molecule has 0 atom stereocenters. The first-order chi connectivity index (χ1) is 14.1. The number of hydrogen-bond donors (Lipinski definition) is 1. The van der Waals surface area contributed by atoms with Crippen LogP contribution in [-0.4, -0.2) is 35.0 Å². The van der Waals surface area contributed by atoms with Gasteiger partial charge in [-0.05, 0) is 44.2 Å². The third kappa shape index (κ3) is 3.88. The summed E-state index contributed by atoms with van der Waals surface area (Å²) in [7, 11) is -5.20. The molecule has 0 amide bonds. The summed E-state index contributed by atoms with van der Waals surface area (Å²) < 4.78 is 66.2. The van der Waals surface area contributed by atoms with E-state index in [2.05, 4.69) is 4.72 Å². The predicted molar refractivity (Wildman–Crippen MR) is 113 cm³/mol. The molecule has 0 aliphatic rings. The van der Waals surface area contributed by atoms with Crippen LogP contribution in [0, 0.1) is 13.8 Å². The zero-order chi connectivity index (χ0) is 22.1. The molecule has 0 radical (unpaired) electrons. The van der Waals surface area contributed by atoms with E-state index in [4.69, 9.17) is 9.47 Å². The minimum Gasteiger partial charge on any atom is -0.497 e. The van der Waals surface area contributed by atoms with E-state index in [-0.39, 0.29) is 26.9 Å². The number of rotatable bonds is 7. The Balaban J connectivity index is 2.09. The molecule has 1 N–H and O–H groups in total. The first-order valence-electron chi connectivity index (χ1n) is 8.86. The van der Waals surface area contributed by atoms with Crippen LogP contribution in [0.25, 0.3) is 0 Å². The highest BCUT2D eigenvalue weighted by Gasteiger charge is 2.28. The summed E-state index contributed by atoms with van der Waals surface area (Å²) in [6.07, 6.45) is 0. The Morgan fingerprint density at radius 3 is 2.13 bits per heavy atom. The maximum atomic E-state index is 13.1. The van der Waals surface area contributed by atoms with Gasteiger partial charge in [-0.3, -0.25) is 4.72 Å². The van der Waals surface area contributed by atoms with Gasteiger partial charge in [0.05, 0.1) is 30.5 Å². The quantitative estimate of drug-likeness (QED) is 0.593. The van der Waals surface area contributed by atoms with Gasteiger partial charge in [0, 0.05) is 11.8 Å². The molecule has 10 heteroatoms. The smallest absolute Gasteiger partial charge is 0.268 e. The number of hydrogen-bond acceptors (Lipinski definition) is 6. The molecular formula is C20H22N2O6S2. The summed E-state index contributed by atoms with van der Waals surface area (Å²) in [5.41, 5.74) is 0.521. The Hall–Kier alpha value is -2.98. The Morgan fingerprint density at radius 1 is 0.867 bits per heavy atom. The number of benzene rings is 2. The molecule has 1 aromatic heterocycles. The third-order valence-corrected chi connectivity index (χ3v) is 7.93. The van der Waals surface area contributed by atoms with E-state index in [0.717, 1.165) is 3.97 Å². The van der Waals surface area contributed by atoms with Crippen LogP contribution in [0.5, 0.6) is 11.5 Å². The minimum atomic E-state index is -4.12. The summed E-state index contributed by atoms with van der Waals surface area (Å²) in [6, 6.07) is 13.8. The molecule has 30 heavy (non-hydrogen) atoms. The SMILES string of the molecule is COc1ccc(OC)c(NS(=O)(=O)c2cc(C)n(S(=O)(=O)c3ccccc3)c2C)c1. The van der Waals surface area contributed by atoms with E-state index in [1.165, 1.54) is 45.4 Å². The Bertz CT molecular complexity index is 1280. The molecule has 0 saturated heterocycles. The Kier molecular flexibility index (Phi) is 5.82. The summed E-state index contributed by atoms with van der Waals surface area (Å²) in [5, 5.41) is 0. The number of methoxy groups -OCH3 is 2. The van der Waals surface area contributed by atoms with Gasteiger partial charge in [-0.2, -0.15) is 0 Å². The van der Waals surface area contributed by atoms with Crippen LogP contribution in [0.15, 0.2) is 64.4 Å². The Morgan fingerprint density at radius 2 is 1.53 bits per heavy atom. The van der Waals surface area contributed by atoms with Gasteiger partial charge in [0.15, 0.2) is 0 Å². The highest BCUT2D eigenvalue weighted by molar-refractivity contribution is 7.93. The summed E-state index contributed by atoms with van der Waals surface area (Å²) >= 11 is 0. The lowest BCUT2D eigenvalue weighted by Gasteiger charge is -2.14. The normalized spacial score (nSPS) is 11.9. The van der Waals surface area contributed by atoms with Crippen LogP contribution >= 0.6 is 0 Å². The monoisotopic (exact) mass is 450 g/mol. The number of sulfonamides is 1. The van der Waals surface area contributed by atoms with Crippen LogP contribution < -0.4 is 14.2 Å². The summed E-state index contributed by atoms with van der Waals surface area (Å²) in [6.45, 7) is 2.99. The van der Waals surface area contributed by atoms with Gasteiger partial charge in [0.25, 0.3) is 20.0 Å². The van der Waals surface area contributed by atoms with Gasteiger partial charge in [-0.25, -0.2) is 20.8 Å². The first-order valence-corrected chi connectivity index (χ1v) is 11.8. The van der Waals surface area contributed by atoms with E-state index in [9.17, 15) is 16.8 Å². The topological polar surface area (TPSA) is 104 Å². The second kappa shape index (κ2) is 8.04. The number of nitrogens with one attached hydrogen (secondary N) is 1. The van der Waals surface area contributed by atoms with Crippen molar-refractivity contribution in [3.05, 3.63) is 66.0 Å². The van der Waals surface area contributed by atoms with Crippen LogP contribution in [-0.2, 0) is 20.0 Å². The standard InChI is InChI=1S/C20H22N2O6S2/c1-14-12-20(15(2)22(14)30(25,26)17-8-6-5-7-9-17)29(23,24)21-18-13-16(27-3)10-11-19(18)28-4/h5-13,21H,1-4H3. The van der Waals surface area contributed by atoms with E-state index in [1.54, 1.807) is 37.3 Å². The molecule has 0 saturated carbocycles. The lowest BCUT2D eigenvalue weighted by atomic mass is 10.3. The lowest BCUT2D eigenvalue weighted by molar-refractivity contribution is 0.405. The van der Waals surface area contributed by atoms with Crippen LogP contribution in [0.1, 0.15) is 11.4 Å². The average Bonchev–Trinajstić information content (AvgIpc) is 3.03. The lowest BCUT2D eigenvalue weighted by Crippen LogP contribution is -2.18. The summed E-state index contributed by atoms with van der Waals surface area (Å²) in [5.74, 6) is 0.732. The molecule has 0 bridgehead atoms. The molecule has 0 aliphatic carbocycles. The number of aryl methyl sites for hydroxylation is 1. The van der Waals surface area contributed by atoms with Crippen LogP contribution in [0.4, 0.5) is 5.69 Å². The highest BCUT2D eigenvalue weighted by Crippen LogP contribution is 2.32. The summed E-state index contributed by atoms with van der Waals surface area (Å²) in [4.78, 5) is -0.0810. The van der Waals surface area contributed by atoms with Gasteiger partial charge in [0.1, 0.15) is 16.4 Å². The van der Waals surface area contributed by atoms with E-state index in [0.29, 0.717) is 11.5 Å². The molecule has 3 aromatic rings. The van der Waals surface area contributed by atoms with Crippen molar-refractivity contribution in [1.29, 1.82) is 0 Å². The fourth-order valence-electron chi connectivity index (χ4n) is 3.15. The van der Waals surface area contributed by atoms with Gasteiger partial charge in [0.2, 0.25) is 0 Å². The molecule has 0 unspecified atom stereocenters. The zero-order valence-corrected chi connectivity index (χ0v) is 18.5. The van der Waals surface area contributed by atoms with Crippen molar-refractivity contribution < 1.29 is 26.3 Å².